The van der Waals surface area contributed by atoms with Crippen molar-refractivity contribution in [3.8, 4) is 23.0 Å². The topological polar surface area (TPSA) is 78.1 Å². The number of ether oxygens (including phenoxy) is 1. The van der Waals surface area contributed by atoms with Crippen LogP contribution in [0, 0.1) is 0 Å². The van der Waals surface area contributed by atoms with Crippen molar-refractivity contribution in [2.45, 2.75) is 38.6 Å². The summed E-state index contributed by atoms with van der Waals surface area (Å²) in [6.07, 6.45) is 10.00. The van der Waals surface area contributed by atoms with Crippen molar-refractivity contribution >= 4 is 11.7 Å². The molecule has 8 nitrogen and oxygen atoms in total. The Hall–Kier alpha value is -3.94. The van der Waals surface area contributed by atoms with Crippen LogP contribution in [0.2, 0.25) is 0 Å². The zero-order valence-corrected chi connectivity index (χ0v) is 19.3. The van der Waals surface area contributed by atoms with Gasteiger partial charge in [-0.15, -0.1) is 0 Å². The maximum absolute atomic E-state index is 13.7. The smallest absolute Gasteiger partial charge is 0.263 e. The predicted octanol–water partition coefficient (Wildman–Crippen LogP) is 4.63. The van der Waals surface area contributed by atoms with E-state index in [0.29, 0.717) is 36.2 Å². The van der Waals surface area contributed by atoms with Crippen LogP contribution in [-0.2, 0) is 0 Å². The van der Waals surface area contributed by atoms with Crippen LogP contribution in [0.15, 0.2) is 61.3 Å². The number of aromatic nitrogens is 5. The average Bonchev–Trinajstić information content (AvgIpc) is 3.41. The summed E-state index contributed by atoms with van der Waals surface area (Å²) >= 11 is 0. The molecule has 4 aromatic rings. The molecule has 172 valence electrons. The number of hydrogen-bond donors (Lipinski definition) is 0. The second kappa shape index (κ2) is 8.13. The molecule has 3 aromatic heterocycles. The summed E-state index contributed by atoms with van der Waals surface area (Å²) in [4.78, 5) is 29.2. The molecule has 34 heavy (non-hydrogen) atoms. The Labute approximate surface area is 197 Å². The van der Waals surface area contributed by atoms with E-state index in [1.54, 1.807) is 11.1 Å². The molecule has 0 unspecified atom stereocenters. The molecule has 2 aliphatic rings. The van der Waals surface area contributed by atoms with Gasteiger partial charge < -0.3 is 13.9 Å². The third-order valence-electron chi connectivity index (χ3n) is 6.37. The standard InChI is InChI=1S/C26H26N6O2/c1-17(2)31-11-10-27-25(31)21-4-3-5-24(29-21)32-12-13-34-23-9-8-19(14-20(23)26(32)33)30-15-22(28-16-30)18-6-7-18/h3-5,8-11,14-18H,6-7,12-13H2,1-2H3. The predicted molar refractivity (Wildman–Crippen MR) is 129 cm³/mol. The molecule has 0 atom stereocenters. The van der Waals surface area contributed by atoms with Gasteiger partial charge in [-0.3, -0.25) is 9.69 Å². The molecular formula is C26H26N6O2. The molecule has 6 rings (SSSR count). The molecular weight excluding hydrogens is 428 g/mol. The van der Waals surface area contributed by atoms with Crippen LogP contribution in [0.4, 0.5) is 5.82 Å². The van der Waals surface area contributed by atoms with Gasteiger partial charge in [0.15, 0.2) is 5.82 Å². The van der Waals surface area contributed by atoms with Crippen LogP contribution in [0.1, 0.15) is 54.7 Å². The van der Waals surface area contributed by atoms with Gasteiger partial charge in [0.2, 0.25) is 0 Å². The van der Waals surface area contributed by atoms with Crippen molar-refractivity contribution in [1.29, 1.82) is 0 Å². The molecule has 0 N–H and O–H groups in total. The SMILES string of the molecule is CC(C)n1ccnc1-c1cccc(N2CCOc3ccc(-n4cnc(C5CC5)c4)cc3C2=O)n1. The summed E-state index contributed by atoms with van der Waals surface area (Å²) in [6.45, 7) is 5.01. The Kier molecular flexibility index (Phi) is 4.94. The third-order valence-corrected chi connectivity index (χ3v) is 6.37. The highest BCUT2D eigenvalue weighted by atomic mass is 16.5. The number of rotatable bonds is 5. The number of nitrogens with zero attached hydrogens (tertiary/aromatic N) is 6. The molecule has 0 saturated heterocycles. The van der Waals surface area contributed by atoms with E-state index in [0.717, 1.165) is 22.9 Å². The van der Waals surface area contributed by atoms with Gasteiger partial charge in [-0.2, -0.15) is 0 Å². The Balaban J connectivity index is 1.34. The molecule has 1 fully saturated rings. The minimum atomic E-state index is -0.131. The van der Waals surface area contributed by atoms with E-state index in [1.807, 2.05) is 53.5 Å². The summed E-state index contributed by atoms with van der Waals surface area (Å²) < 4.78 is 9.98. The van der Waals surface area contributed by atoms with Gasteiger partial charge >= 0.3 is 0 Å². The number of hydrogen-bond acceptors (Lipinski definition) is 5. The van der Waals surface area contributed by atoms with Crippen molar-refractivity contribution in [3.05, 3.63) is 72.6 Å². The fraction of sp³-hybridized carbons (Fsp3) is 0.308. The average molecular weight is 455 g/mol. The first-order chi connectivity index (χ1) is 16.6. The maximum Gasteiger partial charge on any atom is 0.263 e. The zero-order chi connectivity index (χ0) is 23.2. The van der Waals surface area contributed by atoms with Crippen LogP contribution in [0.5, 0.6) is 5.75 Å². The van der Waals surface area contributed by atoms with Crippen molar-refractivity contribution in [1.82, 2.24) is 24.1 Å². The second-order valence-corrected chi connectivity index (χ2v) is 9.10. The van der Waals surface area contributed by atoms with Gasteiger partial charge in [0.25, 0.3) is 5.91 Å². The highest BCUT2D eigenvalue weighted by molar-refractivity contribution is 6.08. The molecule has 4 heterocycles. The Morgan fingerprint density at radius 3 is 2.82 bits per heavy atom. The first-order valence-corrected chi connectivity index (χ1v) is 11.7. The second-order valence-electron chi connectivity index (χ2n) is 9.10. The first kappa shape index (κ1) is 20.7. The van der Waals surface area contributed by atoms with Gasteiger partial charge in [0, 0.05) is 36.2 Å². The summed E-state index contributed by atoms with van der Waals surface area (Å²) in [5, 5.41) is 0. The summed E-state index contributed by atoms with van der Waals surface area (Å²) in [7, 11) is 0. The number of imidazole rings is 2. The van der Waals surface area contributed by atoms with Gasteiger partial charge in [0.05, 0.1) is 24.1 Å². The molecule has 0 bridgehead atoms. The van der Waals surface area contributed by atoms with E-state index in [2.05, 4.69) is 34.6 Å². The molecule has 1 aromatic carbocycles. The van der Waals surface area contributed by atoms with Crippen molar-refractivity contribution in [3.63, 3.8) is 0 Å². The quantitative estimate of drug-likeness (QED) is 0.439. The van der Waals surface area contributed by atoms with Crippen LogP contribution >= 0.6 is 0 Å². The lowest BCUT2D eigenvalue weighted by Crippen LogP contribution is -2.33. The van der Waals surface area contributed by atoms with E-state index in [9.17, 15) is 4.79 Å². The monoisotopic (exact) mass is 454 g/mol. The number of amides is 1. The fourth-order valence-electron chi connectivity index (χ4n) is 4.38. The molecule has 8 heteroatoms. The van der Waals surface area contributed by atoms with Crippen molar-refractivity contribution in [2.75, 3.05) is 18.1 Å². The van der Waals surface area contributed by atoms with Gasteiger partial charge in [-0.1, -0.05) is 6.07 Å². The zero-order valence-electron chi connectivity index (χ0n) is 19.3. The number of pyridine rings is 1. The number of benzene rings is 1. The Morgan fingerprint density at radius 2 is 2.00 bits per heavy atom. The van der Waals surface area contributed by atoms with Gasteiger partial charge in [-0.05, 0) is 57.0 Å². The summed E-state index contributed by atoms with van der Waals surface area (Å²) in [6, 6.07) is 11.7. The van der Waals surface area contributed by atoms with Crippen LogP contribution in [-0.4, -0.2) is 43.1 Å². The highest BCUT2D eigenvalue weighted by Crippen LogP contribution is 2.39. The number of fused-ring (bicyclic) bond motifs is 1. The summed E-state index contributed by atoms with van der Waals surface area (Å²) in [5.74, 6) is 2.40. The molecule has 1 amide bonds. The number of carbonyl (C=O) groups is 1. The lowest BCUT2D eigenvalue weighted by Gasteiger charge is -2.20. The van der Waals surface area contributed by atoms with Crippen LogP contribution in [0.25, 0.3) is 17.2 Å². The van der Waals surface area contributed by atoms with Crippen LogP contribution in [0.3, 0.4) is 0 Å². The van der Waals surface area contributed by atoms with E-state index >= 15 is 0 Å². The van der Waals surface area contributed by atoms with E-state index in [1.165, 1.54) is 12.8 Å². The summed E-state index contributed by atoms with van der Waals surface area (Å²) in [5.41, 5.74) is 3.25. The largest absolute Gasteiger partial charge is 0.491 e. The van der Waals surface area contributed by atoms with E-state index in [4.69, 9.17) is 9.72 Å². The molecule has 1 aliphatic carbocycles. The van der Waals surface area contributed by atoms with Crippen molar-refractivity contribution < 1.29 is 9.53 Å². The Morgan fingerprint density at radius 1 is 1.12 bits per heavy atom. The molecule has 1 aliphatic heterocycles. The Bertz CT molecular complexity index is 1370. The minimum Gasteiger partial charge on any atom is -0.491 e. The number of anilines is 1. The lowest BCUT2D eigenvalue weighted by molar-refractivity contribution is 0.0989. The normalized spacial score (nSPS) is 15.9. The minimum absolute atomic E-state index is 0.131. The fourth-order valence-corrected chi connectivity index (χ4v) is 4.38. The molecule has 0 radical (unpaired) electrons. The highest BCUT2D eigenvalue weighted by Gasteiger charge is 2.28. The van der Waals surface area contributed by atoms with Gasteiger partial charge in [-0.25, -0.2) is 15.0 Å². The van der Waals surface area contributed by atoms with Crippen molar-refractivity contribution in [2.24, 2.45) is 0 Å². The first-order valence-electron chi connectivity index (χ1n) is 11.7. The van der Waals surface area contributed by atoms with E-state index in [-0.39, 0.29) is 11.9 Å². The van der Waals surface area contributed by atoms with Gasteiger partial charge in [0.1, 0.15) is 23.9 Å². The lowest BCUT2D eigenvalue weighted by atomic mass is 10.1. The van der Waals surface area contributed by atoms with Crippen LogP contribution < -0.4 is 9.64 Å². The molecule has 0 spiro atoms. The molecule has 1 saturated carbocycles. The van der Waals surface area contributed by atoms with E-state index < -0.39 is 0 Å². The third kappa shape index (κ3) is 3.65. The number of carbonyl (C=O) groups excluding carboxylic acids is 1. The maximum atomic E-state index is 13.7.